The fourth-order valence-electron chi connectivity index (χ4n) is 2.03. The summed E-state index contributed by atoms with van der Waals surface area (Å²) in [6, 6.07) is 5.73. The SMILES string of the molecule is Cc1nc(Nc2cccc(Cl)c2C)c2c(n1)=CC(Br)=CSN=2. The van der Waals surface area contributed by atoms with Gasteiger partial charge in [0.25, 0.3) is 0 Å². The maximum atomic E-state index is 6.18. The topological polar surface area (TPSA) is 50.2 Å². The van der Waals surface area contributed by atoms with E-state index in [1.807, 2.05) is 43.5 Å². The van der Waals surface area contributed by atoms with Crippen molar-refractivity contribution in [3.63, 3.8) is 0 Å². The summed E-state index contributed by atoms with van der Waals surface area (Å²) >= 11 is 11.0. The molecule has 0 amide bonds. The minimum absolute atomic E-state index is 0.673. The molecule has 1 aromatic heterocycles. The summed E-state index contributed by atoms with van der Waals surface area (Å²) in [4.78, 5) is 8.94. The first-order valence-electron chi connectivity index (χ1n) is 6.52. The van der Waals surface area contributed by atoms with E-state index in [0.717, 1.165) is 26.4 Å². The standard InChI is InChI=1S/C15H12BrClN4S/c1-8-11(17)4-3-5-12(8)20-15-14-13(18-9(2)19-15)6-10(16)7-22-21-14/h3-7H,1-2H3,(H,18,19,20). The van der Waals surface area contributed by atoms with Crippen LogP contribution in [0.25, 0.3) is 6.08 Å². The van der Waals surface area contributed by atoms with Gasteiger partial charge in [0.05, 0.1) is 5.35 Å². The molecule has 2 aromatic rings. The number of hydrogen-bond acceptors (Lipinski definition) is 5. The first-order valence-corrected chi connectivity index (χ1v) is 8.53. The summed E-state index contributed by atoms with van der Waals surface area (Å²) in [6.07, 6.45) is 1.93. The molecule has 7 heteroatoms. The number of aryl methyl sites for hydroxylation is 1. The van der Waals surface area contributed by atoms with E-state index in [1.54, 1.807) is 0 Å². The van der Waals surface area contributed by atoms with E-state index < -0.39 is 0 Å². The zero-order chi connectivity index (χ0) is 15.7. The Morgan fingerprint density at radius 2 is 2.05 bits per heavy atom. The third-order valence-electron chi connectivity index (χ3n) is 3.13. The molecule has 0 radical (unpaired) electrons. The molecule has 112 valence electrons. The maximum absolute atomic E-state index is 6.18. The summed E-state index contributed by atoms with van der Waals surface area (Å²) < 4.78 is 5.42. The number of fused-ring (bicyclic) bond motifs is 1. The van der Waals surface area contributed by atoms with Gasteiger partial charge in [-0.1, -0.05) is 33.6 Å². The van der Waals surface area contributed by atoms with Gasteiger partial charge in [0.15, 0.2) is 5.82 Å². The first kappa shape index (κ1) is 15.5. The van der Waals surface area contributed by atoms with Crippen LogP contribution < -0.4 is 16.0 Å². The van der Waals surface area contributed by atoms with Gasteiger partial charge >= 0.3 is 0 Å². The number of aromatic nitrogens is 2. The van der Waals surface area contributed by atoms with Crippen LogP contribution in [0.15, 0.2) is 32.5 Å². The van der Waals surface area contributed by atoms with E-state index in [1.165, 1.54) is 11.9 Å². The van der Waals surface area contributed by atoms with Gasteiger partial charge in [-0.25, -0.2) is 14.4 Å². The van der Waals surface area contributed by atoms with Crippen molar-refractivity contribution in [2.24, 2.45) is 4.40 Å². The Morgan fingerprint density at radius 1 is 1.23 bits per heavy atom. The van der Waals surface area contributed by atoms with Crippen LogP contribution >= 0.6 is 39.5 Å². The van der Waals surface area contributed by atoms with Gasteiger partial charge < -0.3 is 5.32 Å². The van der Waals surface area contributed by atoms with Gasteiger partial charge in [0.2, 0.25) is 0 Å². The van der Waals surface area contributed by atoms with Gasteiger partial charge in [0, 0.05) is 32.5 Å². The minimum atomic E-state index is 0.673. The van der Waals surface area contributed by atoms with Gasteiger partial charge in [-0.2, -0.15) is 0 Å². The molecular weight excluding hydrogens is 384 g/mol. The molecule has 0 bridgehead atoms. The van der Waals surface area contributed by atoms with Crippen LogP contribution in [0.3, 0.4) is 0 Å². The molecule has 0 atom stereocenters. The molecule has 0 saturated heterocycles. The van der Waals surface area contributed by atoms with Gasteiger partial charge in [-0.3, -0.25) is 0 Å². The molecule has 3 rings (SSSR count). The van der Waals surface area contributed by atoms with Crippen molar-refractivity contribution in [1.29, 1.82) is 0 Å². The molecule has 1 aliphatic rings. The molecule has 4 nitrogen and oxygen atoms in total. The molecule has 1 aromatic carbocycles. The lowest BCUT2D eigenvalue weighted by Gasteiger charge is -2.10. The van der Waals surface area contributed by atoms with Crippen molar-refractivity contribution in [3.05, 3.63) is 55.2 Å². The summed E-state index contributed by atoms with van der Waals surface area (Å²) in [6.45, 7) is 3.83. The molecule has 0 unspecified atom stereocenters. The minimum Gasteiger partial charge on any atom is -0.338 e. The maximum Gasteiger partial charge on any atom is 0.161 e. The van der Waals surface area contributed by atoms with Crippen LogP contribution in [0.2, 0.25) is 5.02 Å². The third kappa shape index (κ3) is 3.19. The fraction of sp³-hybridized carbons (Fsp3) is 0.133. The highest BCUT2D eigenvalue weighted by atomic mass is 79.9. The lowest BCUT2D eigenvalue weighted by Crippen LogP contribution is -2.32. The average Bonchev–Trinajstić information content (AvgIpc) is 2.64. The smallest absolute Gasteiger partial charge is 0.161 e. The second kappa shape index (κ2) is 6.40. The van der Waals surface area contributed by atoms with Crippen molar-refractivity contribution < 1.29 is 0 Å². The van der Waals surface area contributed by atoms with Crippen molar-refractivity contribution in [2.75, 3.05) is 5.32 Å². The van der Waals surface area contributed by atoms with Crippen molar-refractivity contribution in [1.82, 2.24) is 9.97 Å². The number of benzene rings is 1. The first-order chi connectivity index (χ1) is 10.5. The van der Waals surface area contributed by atoms with Gasteiger partial charge in [-0.15, -0.1) is 0 Å². The second-order valence-corrected chi connectivity index (χ2v) is 6.69. The summed E-state index contributed by atoms with van der Waals surface area (Å²) in [5, 5.41) is 7.45. The van der Waals surface area contributed by atoms with E-state index in [4.69, 9.17) is 11.6 Å². The molecule has 1 aliphatic heterocycles. The Morgan fingerprint density at radius 3 is 2.86 bits per heavy atom. The number of allylic oxidation sites excluding steroid dienone is 1. The highest BCUT2D eigenvalue weighted by Crippen LogP contribution is 2.24. The fourth-order valence-corrected chi connectivity index (χ4v) is 3.18. The largest absolute Gasteiger partial charge is 0.338 e. The molecule has 1 N–H and O–H groups in total. The van der Waals surface area contributed by atoms with Crippen LogP contribution in [0.4, 0.5) is 11.5 Å². The Kier molecular flexibility index (Phi) is 4.52. The summed E-state index contributed by atoms with van der Waals surface area (Å²) in [5.74, 6) is 1.35. The van der Waals surface area contributed by atoms with E-state index in [-0.39, 0.29) is 0 Å². The molecule has 2 heterocycles. The Bertz CT molecular complexity index is 895. The van der Waals surface area contributed by atoms with E-state index in [2.05, 4.69) is 35.6 Å². The normalized spacial score (nSPS) is 13.4. The van der Waals surface area contributed by atoms with Crippen LogP contribution in [0.5, 0.6) is 0 Å². The second-order valence-electron chi connectivity index (χ2n) is 4.73. The van der Waals surface area contributed by atoms with E-state index >= 15 is 0 Å². The van der Waals surface area contributed by atoms with Crippen LogP contribution in [-0.2, 0) is 0 Å². The highest BCUT2D eigenvalue weighted by Gasteiger charge is 2.09. The lowest BCUT2D eigenvalue weighted by molar-refractivity contribution is 0.999. The molecular formula is C15H12BrClN4S. The Balaban J connectivity index is 2.16. The third-order valence-corrected chi connectivity index (χ3v) is 4.95. The van der Waals surface area contributed by atoms with Crippen molar-refractivity contribution in [3.8, 4) is 0 Å². The predicted octanol–water partition coefficient (Wildman–Crippen LogP) is 3.79. The van der Waals surface area contributed by atoms with Gasteiger partial charge in [-0.05, 0) is 37.6 Å². The van der Waals surface area contributed by atoms with Crippen LogP contribution in [0, 0.1) is 13.8 Å². The van der Waals surface area contributed by atoms with Crippen molar-refractivity contribution in [2.45, 2.75) is 13.8 Å². The quantitative estimate of drug-likeness (QED) is 0.786. The average molecular weight is 396 g/mol. The van der Waals surface area contributed by atoms with E-state index in [9.17, 15) is 0 Å². The predicted molar refractivity (Wildman–Crippen MR) is 96.1 cm³/mol. The molecule has 0 fully saturated rings. The molecule has 0 spiro atoms. The number of halogens is 2. The summed E-state index contributed by atoms with van der Waals surface area (Å²) in [5.41, 5.74) is 1.88. The molecule has 0 aliphatic carbocycles. The zero-order valence-electron chi connectivity index (χ0n) is 11.9. The highest BCUT2D eigenvalue weighted by molar-refractivity contribution is 9.12. The lowest BCUT2D eigenvalue weighted by atomic mass is 10.2. The Labute approximate surface area is 145 Å². The Hall–Kier alpha value is -1.37. The van der Waals surface area contributed by atoms with Crippen LogP contribution in [-0.4, -0.2) is 9.97 Å². The number of nitrogens with zero attached hydrogens (tertiary/aromatic N) is 3. The zero-order valence-corrected chi connectivity index (χ0v) is 15.1. The monoisotopic (exact) mass is 394 g/mol. The summed E-state index contributed by atoms with van der Waals surface area (Å²) in [7, 11) is 0. The molecule has 0 saturated carbocycles. The number of anilines is 2. The number of nitrogens with one attached hydrogen (secondary N) is 1. The van der Waals surface area contributed by atoms with Crippen LogP contribution in [0.1, 0.15) is 11.4 Å². The van der Waals surface area contributed by atoms with Gasteiger partial charge in [0.1, 0.15) is 11.2 Å². The molecule has 22 heavy (non-hydrogen) atoms. The number of hydrogen-bond donors (Lipinski definition) is 1. The van der Waals surface area contributed by atoms with Crippen molar-refractivity contribution >= 4 is 57.1 Å². The van der Waals surface area contributed by atoms with E-state index in [0.29, 0.717) is 16.7 Å². The number of rotatable bonds is 2.